The van der Waals surface area contributed by atoms with E-state index in [1.165, 1.54) is 5.56 Å². The van der Waals surface area contributed by atoms with E-state index in [1.807, 2.05) is 31.2 Å². The number of aromatic amines is 1. The van der Waals surface area contributed by atoms with Crippen LogP contribution in [0.25, 0.3) is 11.0 Å². The number of anilines is 1. The summed E-state index contributed by atoms with van der Waals surface area (Å²) in [5, 5.41) is 4.34. The fourth-order valence-corrected chi connectivity index (χ4v) is 2.77. The maximum absolute atomic E-state index is 6.09. The summed E-state index contributed by atoms with van der Waals surface area (Å²) in [4.78, 5) is 7.69. The number of nitrogens with zero attached hydrogens (tertiary/aromatic N) is 1. The van der Waals surface area contributed by atoms with Gasteiger partial charge in [-0.3, -0.25) is 0 Å². The lowest BCUT2D eigenvalue weighted by atomic mass is 10.0. The Morgan fingerprint density at radius 3 is 2.86 bits per heavy atom. The van der Waals surface area contributed by atoms with Crippen molar-refractivity contribution in [2.75, 3.05) is 5.32 Å². The molecule has 0 spiro atoms. The Morgan fingerprint density at radius 1 is 1.24 bits per heavy atom. The normalized spacial score (nSPS) is 12.5. The molecule has 21 heavy (non-hydrogen) atoms. The minimum atomic E-state index is 0.241. The van der Waals surface area contributed by atoms with E-state index in [9.17, 15) is 0 Å². The molecule has 3 rings (SSSR count). The van der Waals surface area contributed by atoms with Crippen LogP contribution in [0.3, 0.4) is 0 Å². The van der Waals surface area contributed by atoms with Gasteiger partial charge >= 0.3 is 0 Å². The van der Waals surface area contributed by atoms with E-state index >= 15 is 0 Å². The first-order valence-corrected chi connectivity index (χ1v) is 7.52. The van der Waals surface area contributed by atoms with E-state index in [0.29, 0.717) is 0 Å². The van der Waals surface area contributed by atoms with Crippen LogP contribution < -0.4 is 5.32 Å². The molecule has 0 fully saturated rings. The summed E-state index contributed by atoms with van der Waals surface area (Å²) in [7, 11) is 0. The number of nitrogens with one attached hydrogen (secondary N) is 2. The van der Waals surface area contributed by atoms with Crippen molar-refractivity contribution >= 4 is 28.3 Å². The van der Waals surface area contributed by atoms with Crippen molar-refractivity contribution in [3.63, 3.8) is 0 Å². The minimum absolute atomic E-state index is 0.241. The molecule has 2 aromatic carbocycles. The van der Waals surface area contributed by atoms with Gasteiger partial charge in [0.25, 0.3) is 0 Å². The summed E-state index contributed by atoms with van der Waals surface area (Å²) in [5.74, 6) is 0.934. The van der Waals surface area contributed by atoms with Crippen molar-refractivity contribution in [3.8, 4) is 0 Å². The smallest absolute Gasteiger partial charge is 0.104 e. The predicted octanol–water partition coefficient (Wildman–Crippen LogP) is 5.09. The fourth-order valence-electron chi connectivity index (χ4n) is 2.57. The maximum Gasteiger partial charge on any atom is 0.104 e. The van der Waals surface area contributed by atoms with Crippen LogP contribution >= 0.6 is 11.6 Å². The summed E-state index contributed by atoms with van der Waals surface area (Å²) in [6.07, 6.45) is 0.986. The van der Waals surface area contributed by atoms with Crippen LogP contribution in [0.4, 0.5) is 5.69 Å². The number of rotatable bonds is 4. The van der Waals surface area contributed by atoms with Crippen LogP contribution in [0.1, 0.15) is 30.8 Å². The van der Waals surface area contributed by atoms with Crippen molar-refractivity contribution < 1.29 is 0 Å². The molecule has 1 unspecified atom stereocenters. The molecule has 0 radical (unpaired) electrons. The van der Waals surface area contributed by atoms with Crippen molar-refractivity contribution in [2.45, 2.75) is 26.3 Å². The number of aromatic nitrogens is 2. The molecular formula is C17H18ClN3. The molecule has 108 valence electrons. The van der Waals surface area contributed by atoms with Gasteiger partial charge in [-0.15, -0.1) is 0 Å². The molecule has 1 aromatic heterocycles. The SMILES string of the molecule is CCC(Nc1ccc2nc(C)[nH]c2c1)c1cccc(Cl)c1. The van der Waals surface area contributed by atoms with Crippen LogP contribution in [0.2, 0.25) is 5.02 Å². The molecule has 0 amide bonds. The zero-order valence-corrected chi connectivity index (χ0v) is 12.9. The first-order chi connectivity index (χ1) is 10.2. The number of aryl methyl sites for hydroxylation is 1. The van der Waals surface area contributed by atoms with Gasteiger partial charge in [0.05, 0.1) is 17.1 Å². The molecule has 0 saturated heterocycles. The number of benzene rings is 2. The van der Waals surface area contributed by atoms with Gasteiger partial charge in [-0.2, -0.15) is 0 Å². The monoisotopic (exact) mass is 299 g/mol. The second kappa shape index (κ2) is 5.78. The van der Waals surface area contributed by atoms with Crippen LogP contribution in [0.5, 0.6) is 0 Å². The lowest BCUT2D eigenvalue weighted by molar-refractivity contribution is 0.749. The molecule has 3 nitrogen and oxygen atoms in total. The molecule has 2 N–H and O–H groups in total. The maximum atomic E-state index is 6.09. The lowest BCUT2D eigenvalue weighted by Crippen LogP contribution is -2.09. The number of hydrogen-bond acceptors (Lipinski definition) is 2. The zero-order chi connectivity index (χ0) is 14.8. The van der Waals surface area contributed by atoms with Gasteiger partial charge in [0, 0.05) is 10.7 Å². The highest BCUT2D eigenvalue weighted by atomic mass is 35.5. The van der Waals surface area contributed by atoms with Crippen molar-refractivity contribution in [3.05, 3.63) is 58.9 Å². The third kappa shape index (κ3) is 3.03. The van der Waals surface area contributed by atoms with Crippen LogP contribution in [-0.4, -0.2) is 9.97 Å². The lowest BCUT2D eigenvalue weighted by Gasteiger charge is -2.19. The quantitative estimate of drug-likeness (QED) is 0.704. The van der Waals surface area contributed by atoms with E-state index in [4.69, 9.17) is 11.6 Å². The van der Waals surface area contributed by atoms with Gasteiger partial charge in [0.1, 0.15) is 5.82 Å². The standard InChI is InChI=1S/C17H18ClN3/c1-3-15(12-5-4-6-13(18)9-12)21-14-7-8-16-17(10-14)20-11(2)19-16/h4-10,15,21H,3H2,1-2H3,(H,19,20). The third-order valence-corrected chi connectivity index (χ3v) is 3.84. The summed E-state index contributed by atoms with van der Waals surface area (Å²) in [6, 6.07) is 14.4. The van der Waals surface area contributed by atoms with Crippen LogP contribution in [-0.2, 0) is 0 Å². The summed E-state index contributed by atoms with van der Waals surface area (Å²) >= 11 is 6.09. The molecule has 0 aliphatic carbocycles. The van der Waals surface area contributed by atoms with Gasteiger partial charge in [-0.1, -0.05) is 30.7 Å². The topological polar surface area (TPSA) is 40.7 Å². The zero-order valence-electron chi connectivity index (χ0n) is 12.2. The summed E-state index contributed by atoms with van der Waals surface area (Å²) in [6.45, 7) is 4.13. The average Bonchev–Trinajstić information content (AvgIpc) is 2.84. The number of H-pyrrole nitrogens is 1. The van der Waals surface area contributed by atoms with Gasteiger partial charge < -0.3 is 10.3 Å². The van der Waals surface area contributed by atoms with E-state index in [1.54, 1.807) is 0 Å². The molecule has 0 aliphatic heterocycles. The number of fused-ring (bicyclic) bond motifs is 1. The highest BCUT2D eigenvalue weighted by Gasteiger charge is 2.10. The van der Waals surface area contributed by atoms with E-state index in [-0.39, 0.29) is 6.04 Å². The summed E-state index contributed by atoms with van der Waals surface area (Å²) < 4.78 is 0. The molecule has 1 heterocycles. The Balaban J connectivity index is 1.88. The van der Waals surface area contributed by atoms with Gasteiger partial charge in [0.15, 0.2) is 0 Å². The number of halogens is 1. The number of hydrogen-bond donors (Lipinski definition) is 2. The van der Waals surface area contributed by atoms with Gasteiger partial charge in [0.2, 0.25) is 0 Å². The minimum Gasteiger partial charge on any atom is -0.378 e. The first-order valence-electron chi connectivity index (χ1n) is 7.14. The molecule has 3 aromatic rings. The molecule has 0 bridgehead atoms. The average molecular weight is 300 g/mol. The van der Waals surface area contributed by atoms with E-state index in [0.717, 1.165) is 34.0 Å². The molecule has 0 aliphatic rings. The Bertz CT molecular complexity index is 764. The van der Waals surface area contributed by atoms with E-state index in [2.05, 4.69) is 40.4 Å². The second-order valence-electron chi connectivity index (χ2n) is 5.21. The molecule has 4 heteroatoms. The largest absolute Gasteiger partial charge is 0.378 e. The van der Waals surface area contributed by atoms with Crippen LogP contribution in [0, 0.1) is 6.92 Å². The Kier molecular flexibility index (Phi) is 3.84. The predicted molar refractivity (Wildman–Crippen MR) is 88.9 cm³/mol. The van der Waals surface area contributed by atoms with Crippen molar-refractivity contribution in [1.82, 2.24) is 9.97 Å². The third-order valence-electron chi connectivity index (χ3n) is 3.60. The second-order valence-corrected chi connectivity index (χ2v) is 5.65. The van der Waals surface area contributed by atoms with Gasteiger partial charge in [-0.25, -0.2) is 4.98 Å². The highest BCUT2D eigenvalue weighted by Crippen LogP contribution is 2.26. The van der Waals surface area contributed by atoms with E-state index < -0.39 is 0 Å². The van der Waals surface area contributed by atoms with Crippen molar-refractivity contribution in [2.24, 2.45) is 0 Å². The Hall–Kier alpha value is -2.00. The molecular weight excluding hydrogens is 282 g/mol. The Morgan fingerprint density at radius 2 is 2.10 bits per heavy atom. The number of imidazole rings is 1. The molecule has 1 atom stereocenters. The van der Waals surface area contributed by atoms with Crippen molar-refractivity contribution in [1.29, 1.82) is 0 Å². The fraction of sp³-hybridized carbons (Fsp3) is 0.235. The van der Waals surface area contributed by atoms with Crippen LogP contribution in [0.15, 0.2) is 42.5 Å². The van der Waals surface area contributed by atoms with Gasteiger partial charge in [-0.05, 0) is 49.2 Å². The summed E-state index contributed by atoms with van der Waals surface area (Å²) in [5.41, 5.74) is 4.33. The first kappa shape index (κ1) is 14.0. The highest BCUT2D eigenvalue weighted by molar-refractivity contribution is 6.30. The Labute approximate surface area is 129 Å². The molecule has 0 saturated carbocycles.